The number of aromatic amines is 1. The fourth-order valence-electron chi connectivity index (χ4n) is 2.58. The number of carboxylic acids is 1. The van der Waals surface area contributed by atoms with E-state index in [0.29, 0.717) is 12.1 Å². The fraction of sp³-hybridized carbons (Fsp3) is 0.111. The number of aromatic nitrogens is 1. The van der Waals surface area contributed by atoms with E-state index in [2.05, 4.69) is 4.98 Å². The van der Waals surface area contributed by atoms with Gasteiger partial charge in [-0.2, -0.15) is 0 Å². The van der Waals surface area contributed by atoms with Crippen molar-refractivity contribution in [3.05, 3.63) is 71.4 Å². The Bertz CT molecular complexity index is 865. The zero-order valence-electron chi connectivity index (χ0n) is 12.6. The molecule has 0 saturated carbocycles. The van der Waals surface area contributed by atoms with Crippen LogP contribution in [0.15, 0.2) is 54.7 Å². The van der Waals surface area contributed by atoms with Gasteiger partial charge in [0.25, 0.3) is 5.91 Å². The van der Waals surface area contributed by atoms with Crippen LogP contribution in [0, 0.1) is 0 Å². The number of benzene rings is 2. The van der Waals surface area contributed by atoms with Crippen LogP contribution in [0.25, 0.3) is 10.9 Å². The third-order valence-electron chi connectivity index (χ3n) is 3.79. The molecule has 2 N–H and O–H groups in total. The van der Waals surface area contributed by atoms with E-state index in [0.717, 1.165) is 16.5 Å². The SMILES string of the molecule is CN(Cc1ccc(C(=O)O)cc1)C(=O)c1cccc2[nH]ccc12. The molecule has 0 fully saturated rings. The number of rotatable bonds is 4. The number of hydrogen-bond donors (Lipinski definition) is 2. The molecule has 0 radical (unpaired) electrons. The summed E-state index contributed by atoms with van der Waals surface area (Å²) >= 11 is 0. The minimum absolute atomic E-state index is 0.0717. The van der Waals surface area contributed by atoms with Crippen LogP contribution >= 0.6 is 0 Å². The Morgan fingerprint density at radius 1 is 1.09 bits per heavy atom. The molecule has 116 valence electrons. The molecule has 0 aliphatic heterocycles. The molecule has 0 spiro atoms. The molecule has 0 unspecified atom stereocenters. The quantitative estimate of drug-likeness (QED) is 0.777. The fourth-order valence-corrected chi connectivity index (χ4v) is 2.58. The number of H-pyrrole nitrogens is 1. The minimum Gasteiger partial charge on any atom is -0.478 e. The van der Waals surface area contributed by atoms with Crippen LogP contribution in [0.3, 0.4) is 0 Å². The molecule has 0 atom stereocenters. The summed E-state index contributed by atoms with van der Waals surface area (Å²) < 4.78 is 0. The van der Waals surface area contributed by atoms with Crippen molar-refractivity contribution in [2.75, 3.05) is 7.05 Å². The summed E-state index contributed by atoms with van der Waals surface area (Å²) in [5.41, 5.74) is 2.69. The van der Waals surface area contributed by atoms with Crippen LogP contribution in [0.1, 0.15) is 26.3 Å². The summed E-state index contributed by atoms with van der Waals surface area (Å²) in [5, 5.41) is 9.80. The van der Waals surface area contributed by atoms with Gasteiger partial charge in [-0.25, -0.2) is 4.79 Å². The molecule has 0 saturated heterocycles. The first kappa shape index (κ1) is 14.8. The van der Waals surface area contributed by atoms with Gasteiger partial charge in [-0.15, -0.1) is 0 Å². The summed E-state index contributed by atoms with van der Waals surface area (Å²) in [6.45, 7) is 0.416. The number of carboxylic acid groups (broad SMARTS) is 1. The Balaban J connectivity index is 1.80. The monoisotopic (exact) mass is 308 g/mol. The van der Waals surface area contributed by atoms with Crippen molar-refractivity contribution in [2.24, 2.45) is 0 Å². The average Bonchev–Trinajstić information content (AvgIpc) is 3.03. The van der Waals surface area contributed by atoms with Crippen molar-refractivity contribution in [2.45, 2.75) is 6.54 Å². The van der Waals surface area contributed by atoms with E-state index in [1.54, 1.807) is 36.2 Å². The summed E-state index contributed by atoms with van der Waals surface area (Å²) in [6.07, 6.45) is 1.81. The van der Waals surface area contributed by atoms with Crippen molar-refractivity contribution >= 4 is 22.8 Å². The molecular weight excluding hydrogens is 292 g/mol. The first-order valence-electron chi connectivity index (χ1n) is 7.20. The van der Waals surface area contributed by atoms with Crippen molar-refractivity contribution in [1.82, 2.24) is 9.88 Å². The number of carbonyl (C=O) groups excluding carboxylic acids is 1. The zero-order valence-corrected chi connectivity index (χ0v) is 12.6. The Labute approximate surface area is 133 Å². The molecule has 0 bridgehead atoms. The van der Waals surface area contributed by atoms with Gasteiger partial charge in [-0.05, 0) is 35.9 Å². The molecule has 0 aliphatic rings. The van der Waals surface area contributed by atoms with Crippen molar-refractivity contribution in [1.29, 1.82) is 0 Å². The van der Waals surface area contributed by atoms with Gasteiger partial charge in [0, 0.05) is 36.3 Å². The van der Waals surface area contributed by atoms with Gasteiger partial charge >= 0.3 is 5.97 Å². The number of nitrogens with one attached hydrogen (secondary N) is 1. The Morgan fingerprint density at radius 3 is 2.52 bits per heavy atom. The van der Waals surface area contributed by atoms with E-state index in [9.17, 15) is 9.59 Å². The highest BCUT2D eigenvalue weighted by molar-refractivity contribution is 6.06. The molecule has 23 heavy (non-hydrogen) atoms. The highest BCUT2D eigenvalue weighted by Gasteiger charge is 2.15. The normalized spacial score (nSPS) is 10.7. The molecule has 5 nitrogen and oxygen atoms in total. The van der Waals surface area contributed by atoms with E-state index in [1.165, 1.54) is 0 Å². The lowest BCUT2D eigenvalue weighted by Crippen LogP contribution is -2.26. The molecule has 5 heteroatoms. The Kier molecular flexibility index (Phi) is 3.85. The lowest BCUT2D eigenvalue weighted by molar-refractivity contribution is 0.0695. The Hall–Kier alpha value is -3.08. The molecule has 1 heterocycles. The predicted octanol–water partition coefficient (Wildman–Crippen LogP) is 3.14. The summed E-state index contributed by atoms with van der Waals surface area (Å²) in [5.74, 6) is -1.03. The van der Waals surface area contributed by atoms with Gasteiger partial charge in [-0.3, -0.25) is 4.79 Å². The van der Waals surface area contributed by atoms with Crippen molar-refractivity contribution in [3.8, 4) is 0 Å². The molecule has 2 aromatic carbocycles. The lowest BCUT2D eigenvalue weighted by atomic mass is 10.1. The van der Waals surface area contributed by atoms with Gasteiger partial charge in [0.15, 0.2) is 0 Å². The van der Waals surface area contributed by atoms with E-state index < -0.39 is 5.97 Å². The summed E-state index contributed by atoms with van der Waals surface area (Å²) in [6, 6.07) is 14.0. The van der Waals surface area contributed by atoms with Crippen LogP contribution in [-0.4, -0.2) is 33.9 Å². The van der Waals surface area contributed by atoms with Crippen LogP contribution in [0.5, 0.6) is 0 Å². The second-order valence-electron chi connectivity index (χ2n) is 5.41. The van der Waals surface area contributed by atoms with E-state index in [1.807, 2.05) is 30.5 Å². The average molecular weight is 308 g/mol. The van der Waals surface area contributed by atoms with Crippen molar-refractivity contribution < 1.29 is 14.7 Å². The topological polar surface area (TPSA) is 73.4 Å². The highest BCUT2D eigenvalue weighted by atomic mass is 16.4. The number of hydrogen-bond acceptors (Lipinski definition) is 2. The maximum Gasteiger partial charge on any atom is 0.335 e. The van der Waals surface area contributed by atoms with Crippen molar-refractivity contribution in [3.63, 3.8) is 0 Å². The van der Waals surface area contributed by atoms with E-state index in [-0.39, 0.29) is 11.5 Å². The van der Waals surface area contributed by atoms with Crippen LogP contribution in [0.2, 0.25) is 0 Å². The Morgan fingerprint density at radius 2 is 1.83 bits per heavy atom. The van der Waals surface area contributed by atoms with E-state index >= 15 is 0 Å². The lowest BCUT2D eigenvalue weighted by Gasteiger charge is -2.18. The third kappa shape index (κ3) is 2.94. The van der Waals surface area contributed by atoms with Gasteiger partial charge in [0.05, 0.1) is 5.56 Å². The number of amides is 1. The molecule has 3 aromatic rings. The molecule has 0 aliphatic carbocycles. The highest BCUT2D eigenvalue weighted by Crippen LogP contribution is 2.19. The maximum atomic E-state index is 12.7. The minimum atomic E-state index is -0.958. The van der Waals surface area contributed by atoms with Gasteiger partial charge in [-0.1, -0.05) is 18.2 Å². The third-order valence-corrected chi connectivity index (χ3v) is 3.79. The van der Waals surface area contributed by atoms with Crippen LogP contribution < -0.4 is 0 Å². The first-order chi connectivity index (χ1) is 11.1. The number of carbonyl (C=O) groups is 2. The van der Waals surface area contributed by atoms with Gasteiger partial charge < -0.3 is 15.0 Å². The second-order valence-corrected chi connectivity index (χ2v) is 5.41. The molecular formula is C18H16N2O3. The zero-order chi connectivity index (χ0) is 16.4. The largest absolute Gasteiger partial charge is 0.478 e. The van der Waals surface area contributed by atoms with Gasteiger partial charge in [0.2, 0.25) is 0 Å². The number of aromatic carboxylic acids is 1. The summed E-state index contributed by atoms with van der Waals surface area (Å²) in [7, 11) is 1.74. The predicted molar refractivity (Wildman–Crippen MR) is 87.5 cm³/mol. The van der Waals surface area contributed by atoms with Crippen LogP contribution in [0.4, 0.5) is 0 Å². The standard InChI is InChI=1S/C18H16N2O3/c1-20(11-12-5-7-13(8-6-12)18(22)23)17(21)15-3-2-4-16-14(15)9-10-19-16/h2-10,19H,11H2,1H3,(H,22,23). The first-order valence-corrected chi connectivity index (χ1v) is 7.20. The molecule has 1 amide bonds. The van der Waals surface area contributed by atoms with E-state index in [4.69, 9.17) is 5.11 Å². The molecule has 1 aromatic heterocycles. The number of fused-ring (bicyclic) bond motifs is 1. The molecule has 3 rings (SSSR count). The smallest absolute Gasteiger partial charge is 0.335 e. The maximum absolute atomic E-state index is 12.7. The van der Waals surface area contributed by atoms with Crippen LogP contribution in [-0.2, 0) is 6.54 Å². The van der Waals surface area contributed by atoms with Gasteiger partial charge in [0.1, 0.15) is 0 Å². The second kappa shape index (κ2) is 5.96. The summed E-state index contributed by atoms with van der Waals surface area (Å²) in [4.78, 5) is 28.2. The number of nitrogens with zero attached hydrogens (tertiary/aromatic N) is 1.